The van der Waals surface area contributed by atoms with Crippen LogP contribution in [0, 0.1) is 6.92 Å². The molecule has 0 radical (unpaired) electrons. The summed E-state index contributed by atoms with van der Waals surface area (Å²) in [5.74, 6) is 0.687. The molecule has 2 aromatic carbocycles. The molecule has 1 N–H and O–H groups in total. The molecule has 0 saturated heterocycles. The van der Waals surface area contributed by atoms with Gasteiger partial charge in [-0.2, -0.15) is 10.2 Å². The van der Waals surface area contributed by atoms with Gasteiger partial charge in [-0.3, -0.25) is 9.59 Å². The average molecular weight is 450 g/mol. The van der Waals surface area contributed by atoms with Crippen molar-refractivity contribution in [1.29, 1.82) is 0 Å². The van der Waals surface area contributed by atoms with Gasteiger partial charge in [0.2, 0.25) is 0 Å². The van der Waals surface area contributed by atoms with Crippen molar-refractivity contribution in [3.63, 3.8) is 0 Å². The molecule has 32 heavy (non-hydrogen) atoms. The van der Waals surface area contributed by atoms with Crippen LogP contribution in [0.15, 0.2) is 77.6 Å². The minimum absolute atomic E-state index is 0.0980. The van der Waals surface area contributed by atoms with Gasteiger partial charge >= 0.3 is 0 Å². The van der Waals surface area contributed by atoms with E-state index < -0.39 is 5.91 Å². The number of ether oxygens (including phenoxy) is 1. The van der Waals surface area contributed by atoms with Gasteiger partial charge in [0.1, 0.15) is 23.9 Å². The number of benzene rings is 2. The van der Waals surface area contributed by atoms with Gasteiger partial charge in [0.05, 0.1) is 17.9 Å². The normalized spacial score (nSPS) is 10.7. The van der Waals surface area contributed by atoms with E-state index in [1.54, 1.807) is 28.9 Å². The van der Waals surface area contributed by atoms with Crippen molar-refractivity contribution in [3.05, 3.63) is 99.6 Å². The highest BCUT2D eigenvalue weighted by Crippen LogP contribution is 2.20. The molecule has 0 unspecified atom stereocenters. The molecule has 0 atom stereocenters. The number of carbonyl (C=O) groups is 1. The minimum Gasteiger partial charge on any atom is -0.492 e. The van der Waals surface area contributed by atoms with E-state index in [9.17, 15) is 9.59 Å². The van der Waals surface area contributed by atoms with Crippen LogP contribution in [0.25, 0.3) is 5.69 Å². The Morgan fingerprint density at radius 3 is 2.62 bits per heavy atom. The van der Waals surface area contributed by atoms with Gasteiger partial charge in [0.15, 0.2) is 0 Å². The molecule has 0 saturated carbocycles. The molecule has 0 spiro atoms. The van der Waals surface area contributed by atoms with Crippen LogP contribution in [0.1, 0.15) is 16.2 Å². The molecule has 2 aromatic heterocycles. The predicted octanol–water partition coefficient (Wildman–Crippen LogP) is 3.72. The lowest BCUT2D eigenvalue weighted by molar-refractivity contribution is 0.101. The van der Waals surface area contributed by atoms with Crippen molar-refractivity contribution in [2.75, 3.05) is 11.9 Å². The summed E-state index contributed by atoms with van der Waals surface area (Å²) in [6.07, 6.45) is 0. The van der Waals surface area contributed by atoms with Gasteiger partial charge < -0.3 is 10.1 Å². The molecule has 0 aliphatic carbocycles. The second-order valence-corrected chi connectivity index (χ2v) is 7.39. The summed E-state index contributed by atoms with van der Waals surface area (Å²) in [6.45, 7) is 2.26. The van der Waals surface area contributed by atoms with E-state index in [0.717, 1.165) is 5.69 Å². The van der Waals surface area contributed by atoms with Gasteiger partial charge in [0, 0.05) is 17.2 Å². The van der Waals surface area contributed by atoms with Crippen molar-refractivity contribution >= 4 is 23.3 Å². The fourth-order valence-electron chi connectivity index (χ4n) is 3.07. The summed E-state index contributed by atoms with van der Waals surface area (Å²) in [5, 5.41) is 12.0. The summed E-state index contributed by atoms with van der Waals surface area (Å²) in [6, 6.07) is 20.8. The number of nitrogens with zero attached hydrogens (tertiary/aromatic N) is 4. The molecule has 4 aromatic rings. The van der Waals surface area contributed by atoms with Crippen LogP contribution in [0.2, 0.25) is 5.02 Å². The van der Waals surface area contributed by atoms with Crippen molar-refractivity contribution < 1.29 is 9.53 Å². The first-order chi connectivity index (χ1) is 15.5. The van der Waals surface area contributed by atoms with Gasteiger partial charge in [-0.1, -0.05) is 35.9 Å². The Hall–Kier alpha value is -3.91. The van der Waals surface area contributed by atoms with E-state index in [1.807, 2.05) is 43.3 Å². The number of hydrogen-bond acceptors (Lipinski definition) is 5. The maximum Gasteiger partial charge on any atom is 0.277 e. The number of amides is 1. The summed E-state index contributed by atoms with van der Waals surface area (Å²) in [4.78, 5) is 25.0. The molecule has 8 nitrogen and oxygen atoms in total. The van der Waals surface area contributed by atoms with Crippen molar-refractivity contribution in [3.8, 4) is 11.4 Å². The molecule has 1 amide bonds. The maximum atomic E-state index is 12.8. The van der Waals surface area contributed by atoms with Gasteiger partial charge in [-0.15, -0.1) is 0 Å². The molecule has 2 heterocycles. The molecule has 162 valence electrons. The van der Waals surface area contributed by atoms with Crippen LogP contribution in [0.5, 0.6) is 5.75 Å². The molecule has 9 heteroatoms. The van der Waals surface area contributed by atoms with Gasteiger partial charge in [-0.05, 0) is 43.3 Å². The Kier molecular flexibility index (Phi) is 6.32. The molecule has 0 bridgehead atoms. The van der Waals surface area contributed by atoms with Gasteiger partial charge in [-0.25, -0.2) is 9.36 Å². The highest BCUT2D eigenvalue weighted by Gasteiger charge is 2.15. The summed E-state index contributed by atoms with van der Waals surface area (Å²) in [5.41, 5.74) is 1.20. The zero-order valence-electron chi connectivity index (χ0n) is 17.2. The number of rotatable bonds is 7. The first-order valence-corrected chi connectivity index (χ1v) is 10.3. The SMILES string of the molecule is Cc1cc(NC(=O)c2ccc(=O)n(CCOc3ccccc3)n2)n(-c2cccc(Cl)c2)n1. The van der Waals surface area contributed by atoms with Crippen molar-refractivity contribution in [2.24, 2.45) is 0 Å². The standard InChI is InChI=1S/C23H20ClN5O3/c1-16-14-21(29(26-16)18-7-5-6-17(24)15-18)25-23(31)20-10-11-22(30)28(27-20)12-13-32-19-8-3-2-4-9-19/h2-11,14-15H,12-13H2,1H3,(H,25,31). The Balaban J connectivity index is 1.50. The Bertz CT molecular complexity index is 1300. The number of nitrogens with one attached hydrogen (secondary N) is 1. The van der Waals surface area contributed by atoms with Gasteiger partial charge in [0.25, 0.3) is 11.5 Å². The quantitative estimate of drug-likeness (QED) is 0.464. The number of aromatic nitrogens is 4. The monoisotopic (exact) mass is 449 g/mol. The molecule has 0 fully saturated rings. The lowest BCUT2D eigenvalue weighted by atomic mass is 10.3. The second kappa shape index (κ2) is 9.49. The third-order valence-electron chi connectivity index (χ3n) is 4.54. The molecule has 0 aliphatic heterocycles. The van der Waals surface area contributed by atoms with E-state index >= 15 is 0 Å². The smallest absolute Gasteiger partial charge is 0.277 e. The number of halogens is 1. The average Bonchev–Trinajstić information content (AvgIpc) is 3.15. The first kappa shape index (κ1) is 21.3. The Morgan fingerprint density at radius 1 is 1.03 bits per heavy atom. The zero-order chi connectivity index (χ0) is 22.5. The lowest BCUT2D eigenvalue weighted by Crippen LogP contribution is -2.28. The van der Waals surface area contributed by atoms with Crippen LogP contribution in [0.3, 0.4) is 0 Å². The topological polar surface area (TPSA) is 91.0 Å². The molecular formula is C23H20ClN5O3. The lowest BCUT2D eigenvalue weighted by Gasteiger charge is -2.10. The van der Waals surface area contributed by atoms with Crippen LogP contribution in [0.4, 0.5) is 5.82 Å². The second-order valence-electron chi connectivity index (χ2n) is 6.96. The van der Waals surface area contributed by atoms with Crippen LogP contribution >= 0.6 is 11.6 Å². The summed E-state index contributed by atoms with van der Waals surface area (Å²) in [7, 11) is 0. The highest BCUT2D eigenvalue weighted by atomic mass is 35.5. The number of anilines is 1. The van der Waals surface area contributed by atoms with Crippen molar-refractivity contribution in [2.45, 2.75) is 13.5 Å². The third-order valence-corrected chi connectivity index (χ3v) is 4.78. The third kappa shape index (κ3) is 5.04. The Morgan fingerprint density at radius 2 is 1.84 bits per heavy atom. The first-order valence-electron chi connectivity index (χ1n) is 9.89. The predicted molar refractivity (Wildman–Crippen MR) is 122 cm³/mol. The number of hydrogen-bond donors (Lipinski definition) is 1. The van der Waals surface area contributed by atoms with E-state index in [2.05, 4.69) is 15.5 Å². The Labute approximate surface area is 189 Å². The van der Waals surface area contributed by atoms with Crippen LogP contribution in [-0.4, -0.2) is 32.1 Å². The molecule has 0 aliphatic rings. The summed E-state index contributed by atoms with van der Waals surface area (Å²) >= 11 is 6.09. The minimum atomic E-state index is -0.467. The van der Waals surface area contributed by atoms with Crippen LogP contribution in [-0.2, 0) is 6.54 Å². The van der Waals surface area contributed by atoms with E-state index in [0.29, 0.717) is 22.3 Å². The number of aryl methyl sites for hydroxylation is 1. The maximum absolute atomic E-state index is 12.8. The molecule has 4 rings (SSSR count). The fraction of sp³-hybridized carbons (Fsp3) is 0.130. The zero-order valence-corrected chi connectivity index (χ0v) is 18.0. The number of carbonyl (C=O) groups excluding carboxylic acids is 1. The van der Waals surface area contributed by atoms with E-state index in [-0.39, 0.29) is 24.4 Å². The van der Waals surface area contributed by atoms with Crippen LogP contribution < -0.4 is 15.6 Å². The number of para-hydroxylation sites is 1. The largest absolute Gasteiger partial charge is 0.492 e. The summed E-state index contributed by atoms with van der Waals surface area (Å²) < 4.78 is 8.41. The van der Waals surface area contributed by atoms with E-state index in [4.69, 9.17) is 16.3 Å². The molecular weight excluding hydrogens is 430 g/mol. The van der Waals surface area contributed by atoms with Crippen molar-refractivity contribution in [1.82, 2.24) is 19.6 Å². The fourth-order valence-corrected chi connectivity index (χ4v) is 3.25. The highest BCUT2D eigenvalue weighted by molar-refractivity contribution is 6.30. The van der Waals surface area contributed by atoms with E-state index in [1.165, 1.54) is 16.8 Å².